The highest BCUT2D eigenvalue weighted by Gasteiger charge is 2.65. The number of aliphatic hydroxyl groups excluding tert-OH is 3. The Balaban J connectivity index is 1.50. The van der Waals surface area contributed by atoms with E-state index in [1.807, 2.05) is 0 Å². The van der Waals surface area contributed by atoms with Crippen molar-refractivity contribution in [2.45, 2.75) is 96.9 Å². The first-order valence-electron chi connectivity index (χ1n) is 12.5. The van der Waals surface area contributed by atoms with Gasteiger partial charge in [0.1, 0.15) is 0 Å². The Morgan fingerprint density at radius 2 is 1.75 bits per heavy atom. The van der Waals surface area contributed by atoms with Crippen molar-refractivity contribution in [2.75, 3.05) is 6.61 Å². The normalized spacial score (nSPS) is 49.7. The first kappa shape index (κ1) is 24.9. The predicted octanol–water partition coefficient (Wildman–Crippen LogP) is 3.18. The molecule has 4 aliphatic carbocycles. The highest BCUT2D eigenvalue weighted by Crippen LogP contribution is 2.68. The van der Waals surface area contributed by atoms with Crippen LogP contribution in [0.4, 0.5) is 0 Å². The fourth-order valence-corrected chi connectivity index (χ4v) is 9.23. The molecular formula is C24H42O7S. The minimum absolute atomic E-state index is 0.0341. The van der Waals surface area contributed by atoms with Gasteiger partial charge >= 0.3 is 10.4 Å². The van der Waals surface area contributed by atoms with E-state index < -0.39 is 16.5 Å². The maximum Gasteiger partial charge on any atom is 0.397 e. The van der Waals surface area contributed by atoms with Gasteiger partial charge in [-0.05, 0) is 104 Å². The van der Waals surface area contributed by atoms with Crippen LogP contribution in [0.5, 0.6) is 0 Å². The van der Waals surface area contributed by atoms with Gasteiger partial charge in [-0.15, -0.1) is 0 Å². The lowest BCUT2D eigenvalue weighted by Gasteiger charge is -2.63. The Bertz CT molecular complexity index is 787. The minimum Gasteiger partial charge on any atom is -0.393 e. The second kappa shape index (κ2) is 8.76. The summed E-state index contributed by atoms with van der Waals surface area (Å²) in [6.45, 7) is 6.69. The summed E-state index contributed by atoms with van der Waals surface area (Å²) >= 11 is 0. The van der Waals surface area contributed by atoms with Gasteiger partial charge in [0.2, 0.25) is 0 Å². The van der Waals surface area contributed by atoms with Crippen LogP contribution in [0, 0.1) is 46.3 Å². The van der Waals surface area contributed by atoms with E-state index in [2.05, 4.69) is 25.0 Å². The quantitative estimate of drug-likeness (QED) is 0.344. The molecule has 4 saturated carbocycles. The van der Waals surface area contributed by atoms with Gasteiger partial charge in [-0.2, -0.15) is 8.42 Å². The molecule has 8 heteroatoms. The molecule has 0 spiro atoms. The average Bonchev–Trinajstić information content (AvgIpc) is 3.05. The summed E-state index contributed by atoms with van der Waals surface area (Å²) in [7, 11) is -4.40. The highest BCUT2D eigenvalue weighted by atomic mass is 32.3. The van der Waals surface area contributed by atoms with Gasteiger partial charge in [0.05, 0.1) is 24.9 Å². The molecule has 0 saturated heterocycles. The monoisotopic (exact) mass is 474 g/mol. The summed E-state index contributed by atoms with van der Waals surface area (Å²) in [5, 5.41) is 33.1. The highest BCUT2D eigenvalue weighted by molar-refractivity contribution is 7.80. The topological polar surface area (TPSA) is 124 Å². The van der Waals surface area contributed by atoms with Crippen LogP contribution in [0.15, 0.2) is 0 Å². The molecule has 0 aromatic carbocycles. The van der Waals surface area contributed by atoms with Crippen LogP contribution in [-0.2, 0) is 14.6 Å². The van der Waals surface area contributed by atoms with E-state index in [4.69, 9.17) is 4.55 Å². The van der Waals surface area contributed by atoms with Crippen LogP contribution >= 0.6 is 0 Å². The largest absolute Gasteiger partial charge is 0.397 e. The smallest absolute Gasteiger partial charge is 0.393 e. The molecule has 0 aromatic rings. The zero-order valence-corrected chi connectivity index (χ0v) is 20.5. The van der Waals surface area contributed by atoms with Gasteiger partial charge in [0, 0.05) is 0 Å². The van der Waals surface area contributed by atoms with Crippen molar-refractivity contribution in [2.24, 2.45) is 46.3 Å². The SMILES string of the molecule is C[C@H](CCCOS(=O)(=O)O)C1CC[C@H]2[C@@H]3[C@H](O)C[C@H]4C[C@H](O)CC[C@]4(C)[C@H]3C[C@H](O)[C@]12C. The summed E-state index contributed by atoms with van der Waals surface area (Å²) in [5.74, 6) is 1.67. The second-order valence-electron chi connectivity index (χ2n) is 11.9. The number of rotatable bonds is 6. The van der Waals surface area contributed by atoms with Crippen molar-refractivity contribution >= 4 is 10.4 Å². The Kier molecular flexibility index (Phi) is 6.80. The van der Waals surface area contributed by atoms with Crippen molar-refractivity contribution in [3.63, 3.8) is 0 Å². The molecule has 0 aliphatic heterocycles. The molecule has 32 heavy (non-hydrogen) atoms. The molecule has 4 fully saturated rings. The van der Waals surface area contributed by atoms with E-state index in [0.29, 0.717) is 24.7 Å². The molecular weight excluding hydrogens is 432 g/mol. The summed E-state index contributed by atoms with van der Waals surface area (Å²) in [5.41, 5.74) is -0.189. The Labute approximate surface area is 192 Å². The van der Waals surface area contributed by atoms with Crippen LogP contribution < -0.4 is 0 Å². The fraction of sp³-hybridized carbons (Fsp3) is 1.00. The molecule has 11 atom stereocenters. The van der Waals surface area contributed by atoms with Crippen LogP contribution in [0.2, 0.25) is 0 Å². The van der Waals surface area contributed by atoms with E-state index in [-0.39, 0.29) is 53.3 Å². The van der Waals surface area contributed by atoms with Crippen molar-refractivity contribution < 1.29 is 32.5 Å². The molecule has 1 unspecified atom stereocenters. The molecule has 4 N–H and O–H groups in total. The maximum absolute atomic E-state index is 11.6. The Morgan fingerprint density at radius 3 is 2.44 bits per heavy atom. The van der Waals surface area contributed by atoms with Crippen LogP contribution in [-0.4, -0.2) is 53.2 Å². The average molecular weight is 475 g/mol. The lowest BCUT2D eigenvalue weighted by Crippen LogP contribution is -2.62. The van der Waals surface area contributed by atoms with Crippen molar-refractivity contribution in [1.82, 2.24) is 0 Å². The van der Waals surface area contributed by atoms with E-state index in [9.17, 15) is 23.7 Å². The minimum atomic E-state index is -4.40. The summed E-state index contributed by atoms with van der Waals surface area (Å²) in [6.07, 6.45) is 6.26. The van der Waals surface area contributed by atoms with Crippen molar-refractivity contribution in [3.05, 3.63) is 0 Å². The van der Waals surface area contributed by atoms with Crippen molar-refractivity contribution in [3.8, 4) is 0 Å². The summed E-state index contributed by atoms with van der Waals surface area (Å²) < 4.78 is 34.8. The zero-order chi connectivity index (χ0) is 23.5. The number of aliphatic hydroxyl groups is 3. The molecule has 0 heterocycles. The third-order valence-electron chi connectivity index (χ3n) is 10.6. The predicted molar refractivity (Wildman–Crippen MR) is 120 cm³/mol. The van der Waals surface area contributed by atoms with Gasteiger partial charge in [0.15, 0.2) is 0 Å². The first-order valence-corrected chi connectivity index (χ1v) is 13.9. The first-order chi connectivity index (χ1) is 14.9. The lowest BCUT2D eigenvalue weighted by molar-refractivity contribution is -0.207. The Morgan fingerprint density at radius 1 is 1.03 bits per heavy atom. The number of fused-ring (bicyclic) bond motifs is 5. The van der Waals surface area contributed by atoms with Crippen LogP contribution in [0.25, 0.3) is 0 Å². The molecule has 0 bridgehead atoms. The van der Waals surface area contributed by atoms with E-state index in [1.54, 1.807) is 0 Å². The molecule has 0 aromatic heterocycles. The van der Waals surface area contributed by atoms with Gasteiger partial charge < -0.3 is 15.3 Å². The van der Waals surface area contributed by atoms with Gasteiger partial charge in [-0.3, -0.25) is 4.55 Å². The second-order valence-corrected chi connectivity index (χ2v) is 13.0. The van der Waals surface area contributed by atoms with E-state index >= 15 is 0 Å². The third kappa shape index (κ3) is 4.17. The zero-order valence-electron chi connectivity index (χ0n) is 19.7. The fourth-order valence-electron chi connectivity index (χ4n) is 8.90. The summed E-state index contributed by atoms with van der Waals surface area (Å²) in [6, 6.07) is 0. The molecule has 4 rings (SSSR count). The van der Waals surface area contributed by atoms with Crippen LogP contribution in [0.1, 0.15) is 78.6 Å². The lowest BCUT2D eigenvalue weighted by atomic mass is 9.43. The third-order valence-corrected chi connectivity index (χ3v) is 11.0. The Hall–Kier alpha value is -0.250. The van der Waals surface area contributed by atoms with Crippen LogP contribution in [0.3, 0.4) is 0 Å². The van der Waals surface area contributed by atoms with E-state index in [0.717, 1.165) is 44.9 Å². The number of hydrogen-bond donors (Lipinski definition) is 4. The van der Waals surface area contributed by atoms with Gasteiger partial charge in [-0.1, -0.05) is 20.8 Å². The van der Waals surface area contributed by atoms with E-state index in [1.165, 1.54) is 0 Å². The molecule has 4 aliphatic rings. The summed E-state index contributed by atoms with van der Waals surface area (Å²) in [4.78, 5) is 0. The van der Waals surface area contributed by atoms with Crippen molar-refractivity contribution in [1.29, 1.82) is 0 Å². The van der Waals surface area contributed by atoms with Gasteiger partial charge in [0.25, 0.3) is 0 Å². The standard InChI is InChI=1S/C24H42O7S/c1-14(5-4-10-31-32(28,29)30)17-6-7-18-22-19(13-21(27)24(17,18)3)23(2)9-8-16(25)11-15(23)12-20(22)26/h14-22,25-27H,4-13H2,1-3H3,(H,28,29,30)/t14-,15-,16-,17?,18+,19+,20-,21+,22+,23+,24-/m1/s1. The molecule has 7 nitrogen and oxygen atoms in total. The number of hydrogen-bond acceptors (Lipinski definition) is 6. The molecule has 186 valence electrons. The maximum atomic E-state index is 11.6. The molecule has 0 amide bonds. The molecule has 0 radical (unpaired) electrons. The van der Waals surface area contributed by atoms with Gasteiger partial charge in [-0.25, -0.2) is 4.18 Å².